The highest BCUT2D eigenvalue weighted by Gasteiger charge is 2.31. The van der Waals surface area contributed by atoms with E-state index in [1.165, 1.54) is 44.5 Å². The number of thiocarbonyl (C=S) groups is 1. The van der Waals surface area contributed by atoms with Crippen LogP contribution in [0.25, 0.3) is 0 Å². The van der Waals surface area contributed by atoms with E-state index in [2.05, 4.69) is 29.3 Å². The van der Waals surface area contributed by atoms with Gasteiger partial charge in [0.1, 0.15) is 4.99 Å². The Balaban J connectivity index is 1.66. The van der Waals surface area contributed by atoms with E-state index in [9.17, 15) is 0 Å². The second kappa shape index (κ2) is 5.70. The molecule has 20 heavy (non-hydrogen) atoms. The van der Waals surface area contributed by atoms with Crippen LogP contribution in [0.5, 0.6) is 0 Å². The van der Waals surface area contributed by atoms with Gasteiger partial charge in [0.2, 0.25) is 0 Å². The number of aryl methyl sites for hydroxylation is 1. The van der Waals surface area contributed by atoms with Gasteiger partial charge in [-0.05, 0) is 62.9 Å². The normalized spacial score (nSPS) is 26.2. The summed E-state index contributed by atoms with van der Waals surface area (Å²) in [7, 11) is 0. The zero-order chi connectivity index (χ0) is 14.1. The van der Waals surface area contributed by atoms with Crippen LogP contribution in [0.4, 0.5) is 5.69 Å². The molecule has 3 rings (SSSR count). The Morgan fingerprint density at radius 3 is 2.95 bits per heavy atom. The van der Waals surface area contributed by atoms with E-state index in [4.69, 9.17) is 18.0 Å². The molecule has 2 aliphatic heterocycles. The van der Waals surface area contributed by atoms with Crippen molar-refractivity contribution in [3.05, 3.63) is 29.3 Å². The molecule has 2 aliphatic rings. The van der Waals surface area contributed by atoms with Crippen molar-refractivity contribution in [2.24, 2.45) is 5.73 Å². The van der Waals surface area contributed by atoms with E-state index < -0.39 is 0 Å². The summed E-state index contributed by atoms with van der Waals surface area (Å²) in [5.74, 6) is 0. The lowest BCUT2D eigenvalue weighted by Gasteiger charge is -2.35. The number of piperidine rings is 1. The van der Waals surface area contributed by atoms with Crippen LogP contribution in [0.1, 0.15) is 36.8 Å². The fraction of sp³-hybridized carbons (Fsp3) is 0.562. The third-order valence-corrected chi connectivity index (χ3v) is 4.90. The van der Waals surface area contributed by atoms with Gasteiger partial charge in [0.05, 0.1) is 0 Å². The summed E-state index contributed by atoms with van der Waals surface area (Å²) in [5, 5.41) is 3.69. The Bertz CT molecular complexity index is 514. The molecule has 3 N–H and O–H groups in total. The zero-order valence-corrected chi connectivity index (χ0v) is 12.9. The van der Waals surface area contributed by atoms with Gasteiger partial charge in [-0.3, -0.25) is 0 Å². The van der Waals surface area contributed by atoms with Crippen molar-refractivity contribution < 1.29 is 0 Å². The van der Waals surface area contributed by atoms with Gasteiger partial charge in [0, 0.05) is 29.9 Å². The van der Waals surface area contributed by atoms with Crippen LogP contribution in [0.3, 0.4) is 0 Å². The molecular formula is C16H23N3S. The first kappa shape index (κ1) is 13.8. The Kier molecular flexibility index (Phi) is 3.94. The molecule has 2 unspecified atom stereocenters. The van der Waals surface area contributed by atoms with Gasteiger partial charge in [-0.15, -0.1) is 0 Å². The number of benzene rings is 1. The monoisotopic (exact) mass is 289 g/mol. The predicted octanol–water partition coefficient (Wildman–Crippen LogP) is 2.67. The van der Waals surface area contributed by atoms with E-state index in [-0.39, 0.29) is 0 Å². The van der Waals surface area contributed by atoms with Gasteiger partial charge < -0.3 is 16.0 Å². The van der Waals surface area contributed by atoms with Crippen molar-refractivity contribution in [2.45, 2.75) is 44.7 Å². The molecule has 1 aromatic carbocycles. The molecule has 0 amide bonds. The molecule has 0 aliphatic carbocycles. The summed E-state index contributed by atoms with van der Waals surface area (Å²) in [6.45, 7) is 4.62. The third-order valence-electron chi connectivity index (χ3n) is 4.68. The summed E-state index contributed by atoms with van der Waals surface area (Å²) >= 11 is 5.06. The highest BCUT2D eigenvalue weighted by atomic mass is 32.1. The number of hydrogen-bond acceptors (Lipinski definition) is 3. The Morgan fingerprint density at radius 2 is 2.20 bits per heavy atom. The first-order valence-corrected chi connectivity index (χ1v) is 7.95. The quantitative estimate of drug-likeness (QED) is 0.840. The summed E-state index contributed by atoms with van der Waals surface area (Å²) in [6, 6.07) is 7.70. The number of anilines is 1. The largest absolute Gasteiger partial charge is 0.389 e. The van der Waals surface area contributed by atoms with Crippen LogP contribution >= 0.6 is 12.2 Å². The van der Waals surface area contributed by atoms with Gasteiger partial charge in [-0.2, -0.15) is 0 Å². The lowest BCUT2D eigenvalue weighted by atomic mass is 9.97. The summed E-state index contributed by atoms with van der Waals surface area (Å²) in [4.78, 5) is 3.13. The Hall–Kier alpha value is -1.13. The van der Waals surface area contributed by atoms with Crippen molar-refractivity contribution in [1.82, 2.24) is 4.90 Å². The van der Waals surface area contributed by atoms with E-state index >= 15 is 0 Å². The van der Waals surface area contributed by atoms with Gasteiger partial charge in [0.25, 0.3) is 0 Å². The first-order chi connectivity index (χ1) is 9.63. The molecule has 2 fully saturated rings. The van der Waals surface area contributed by atoms with Crippen LogP contribution < -0.4 is 11.1 Å². The summed E-state index contributed by atoms with van der Waals surface area (Å²) in [6.07, 6.45) is 5.26. The van der Waals surface area contributed by atoms with E-state index in [1.54, 1.807) is 0 Å². The highest BCUT2D eigenvalue weighted by Crippen LogP contribution is 2.28. The van der Waals surface area contributed by atoms with Crippen LogP contribution in [0.2, 0.25) is 0 Å². The molecule has 0 bridgehead atoms. The zero-order valence-electron chi connectivity index (χ0n) is 12.1. The molecule has 2 atom stereocenters. The lowest BCUT2D eigenvalue weighted by molar-refractivity contribution is 0.188. The lowest BCUT2D eigenvalue weighted by Crippen LogP contribution is -2.42. The van der Waals surface area contributed by atoms with Crippen molar-refractivity contribution in [2.75, 3.05) is 18.4 Å². The average Bonchev–Trinajstić information content (AvgIpc) is 2.85. The number of fused-ring (bicyclic) bond motifs is 1. The molecule has 108 valence electrons. The molecular weight excluding hydrogens is 266 g/mol. The molecule has 4 heteroatoms. The number of nitrogens with one attached hydrogen (secondary N) is 1. The number of rotatable bonds is 3. The van der Waals surface area contributed by atoms with Gasteiger partial charge in [-0.1, -0.05) is 12.2 Å². The van der Waals surface area contributed by atoms with Crippen molar-refractivity contribution >= 4 is 22.9 Å². The summed E-state index contributed by atoms with van der Waals surface area (Å²) in [5.41, 5.74) is 9.04. The van der Waals surface area contributed by atoms with E-state index in [0.717, 1.165) is 17.2 Å². The maximum absolute atomic E-state index is 5.71. The minimum atomic E-state index is 0.480. The second-order valence-corrected chi connectivity index (χ2v) is 6.53. The van der Waals surface area contributed by atoms with Gasteiger partial charge in [0.15, 0.2) is 0 Å². The van der Waals surface area contributed by atoms with Gasteiger partial charge >= 0.3 is 0 Å². The van der Waals surface area contributed by atoms with Crippen molar-refractivity contribution in [3.8, 4) is 0 Å². The highest BCUT2D eigenvalue weighted by molar-refractivity contribution is 7.80. The predicted molar refractivity (Wildman–Crippen MR) is 88.3 cm³/mol. The SMILES string of the molecule is Cc1cc(NC2CCN3CCCC3C2)ccc1C(N)=S. The molecule has 3 nitrogen and oxygen atoms in total. The smallest absolute Gasteiger partial charge is 0.104 e. The molecule has 1 aromatic rings. The Labute approximate surface area is 126 Å². The van der Waals surface area contributed by atoms with Crippen LogP contribution in [-0.4, -0.2) is 35.1 Å². The topological polar surface area (TPSA) is 41.3 Å². The fourth-order valence-electron chi connectivity index (χ4n) is 3.62. The molecule has 2 heterocycles. The molecule has 0 spiro atoms. The third kappa shape index (κ3) is 2.81. The van der Waals surface area contributed by atoms with Crippen LogP contribution in [-0.2, 0) is 0 Å². The standard InChI is InChI=1S/C16H23N3S/c1-11-9-12(4-5-15(11)16(17)20)18-13-6-8-19-7-2-3-14(19)10-13/h4-5,9,13-14,18H,2-3,6-8,10H2,1H3,(H2,17,20). The van der Waals surface area contributed by atoms with E-state index in [1.807, 2.05) is 6.07 Å². The van der Waals surface area contributed by atoms with Gasteiger partial charge in [-0.25, -0.2) is 0 Å². The minimum Gasteiger partial charge on any atom is -0.389 e. The fourth-order valence-corrected chi connectivity index (χ4v) is 3.85. The maximum Gasteiger partial charge on any atom is 0.104 e. The Morgan fingerprint density at radius 1 is 1.35 bits per heavy atom. The average molecular weight is 289 g/mol. The van der Waals surface area contributed by atoms with Crippen LogP contribution in [0.15, 0.2) is 18.2 Å². The van der Waals surface area contributed by atoms with Crippen LogP contribution in [0, 0.1) is 6.92 Å². The summed E-state index contributed by atoms with van der Waals surface area (Å²) < 4.78 is 0. The van der Waals surface area contributed by atoms with Crippen molar-refractivity contribution in [3.63, 3.8) is 0 Å². The minimum absolute atomic E-state index is 0.480. The maximum atomic E-state index is 5.71. The molecule has 0 radical (unpaired) electrons. The first-order valence-electron chi connectivity index (χ1n) is 7.54. The molecule has 0 aromatic heterocycles. The van der Waals surface area contributed by atoms with Crippen molar-refractivity contribution in [1.29, 1.82) is 0 Å². The molecule has 0 saturated carbocycles. The molecule has 2 saturated heterocycles. The second-order valence-electron chi connectivity index (χ2n) is 6.09. The number of hydrogen-bond donors (Lipinski definition) is 2. The number of nitrogens with two attached hydrogens (primary N) is 1. The number of nitrogens with zero attached hydrogens (tertiary/aromatic N) is 1. The van der Waals surface area contributed by atoms with E-state index in [0.29, 0.717) is 11.0 Å².